The Morgan fingerprint density at radius 2 is 2.05 bits per heavy atom. The Kier molecular flexibility index (Phi) is 5.34. The number of carbonyl (C=O) groups is 1. The molecular formula is C17H13BrN2O2. The molecule has 2 aromatic carbocycles. The first-order valence-corrected chi connectivity index (χ1v) is 7.25. The molecule has 2 rings (SSSR count). The van der Waals surface area contributed by atoms with Gasteiger partial charge >= 0.3 is 0 Å². The maximum atomic E-state index is 12.2. The summed E-state index contributed by atoms with van der Waals surface area (Å²) in [5.74, 6) is 0.136. The first-order chi connectivity index (χ1) is 10.6. The van der Waals surface area contributed by atoms with Crippen molar-refractivity contribution in [2.24, 2.45) is 0 Å². The van der Waals surface area contributed by atoms with Gasteiger partial charge in [-0.2, -0.15) is 5.26 Å². The van der Waals surface area contributed by atoms with Crippen LogP contribution in [-0.4, -0.2) is 13.0 Å². The molecule has 0 spiro atoms. The maximum absolute atomic E-state index is 12.2. The third kappa shape index (κ3) is 3.96. The van der Waals surface area contributed by atoms with E-state index in [9.17, 15) is 10.1 Å². The predicted octanol–water partition coefficient (Wildman–Crippen LogP) is 4.00. The Labute approximate surface area is 137 Å². The fourth-order valence-electron chi connectivity index (χ4n) is 1.85. The Morgan fingerprint density at radius 1 is 1.27 bits per heavy atom. The highest BCUT2D eigenvalue weighted by Gasteiger charge is 2.11. The number of nitrogens with zero attached hydrogens (tertiary/aromatic N) is 1. The van der Waals surface area contributed by atoms with Crippen molar-refractivity contribution in [3.8, 4) is 11.8 Å². The van der Waals surface area contributed by atoms with Crippen molar-refractivity contribution in [1.29, 1.82) is 5.26 Å². The molecule has 0 fully saturated rings. The van der Waals surface area contributed by atoms with Crippen LogP contribution in [0.25, 0.3) is 6.08 Å². The van der Waals surface area contributed by atoms with Gasteiger partial charge in [0, 0.05) is 15.7 Å². The second kappa shape index (κ2) is 7.43. The number of hydrogen-bond acceptors (Lipinski definition) is 3. The monoisotopic (exact) mass is 356 g/mol. The van der Waals surface area contributed by atoms with E-state index in [1.165, 1.54) is 6.08 Å². The highest BCUT2D eigenvalue weighted by atomic mass is 79.9. The van der Waals surface area contributed by atoms with Crippen LogP contribution >= 0.6 is 15.9 Å². The number of ether oxygens (including phenoxy) is 1. The predicted molar refractivity (Wildman–Crippen MR) is 89.4 cm³/mol. The zero-order valence-electron chi connectivity index (χ0n) is 11.8. The summed E-state index contributed by atoms with van der Waals surface area (Å²) >= 11 is 3.33. The molecule has 0 bridgehead atoms. The largest absolute Gasteiger partial charge is 0.496 e. The zero-order chi connectivity index (χ0) is 15.9. The molecular weight excluding hydrogens is 344 g/mol. The van der Waals surface area contributed by atoms with Crippen molar-refractivity contribution in [2.45, 2.75) is 0 Å². The van der Waals surface area contributed by atoms with E-state index in [2.05, 4.69) is 21.2 Å². The van der Waals surface area contributed by atoms with E-state index in [4.69, 9.17) is 4.74 Å². The van der Waals surface area contributed by atoms with E-state index < -0.39 is 5.91 Å². The van der Waals surface area contributed by atoms with Gasteiger partial charge < -0.3 is 10.1 Å². The number of methoxy groups -OCH3 is 1. The van der Waals surface area contributed by atoms with Crippen molar-refractivity contribution in [3.63, 3.8) is 0 Å². The summed E-state index contributed by atoms with van der Waals surface area (Å²) in [4.78, 5) is 12.2. The quantitative estimate of drug-likeness (QED) is 0.665. The molecule has 0 saturated carbocycles. The number of anilines is 1. The number of carbonyl (C=O) groups excluding carboxylic acids is 1. The van der Waals surface area contributed by atoms with Crippen LogP contribution in [0, 0.1) is 11.3 Å². The molecule has 0 aliphatic heterocycles. The third-order valence-corrected chi connectivity index (χ3v) is 3.38. The molecule has 1 amide bonds. The topological polar surface area (TPSA) is 62.1 Å². The lowest BCUT2D eigenvalue weighted by Crippen LogP contribution is -2.13. The first kappa shape index (κ1) is 15.8. The fourth-order valence-corrected chi connectivity index (χ4v) is 2.25. The fraction of sp³-hybridized carbons (Fsp3) is 0.0588. The number of nitrogens with one attached hydrogen (secondary N) is 1. The van der Waals surface area contributed by atoms with Gasteiger partial charge in [0.25, 0.3) is 5.91 Å². The molecule has 0 radical (unpaired) electrons. The number of nitriles is 1. The molecule has 5 heteroatoms. The molecule has 110 valence electrons. The van der Waals surface area contributed by atoms with Gasteiger partial charge in [0.1, 0.15) is 17.4 Å². The van der Waals surface area contributed by atoms with Crippen LogP contribution in [0.5, 0.6) is 5.75 Å². The Bertz CT molecular complexity index is 763. The molecule has 0 unspecified atom stereocenters. The van der Waals surface area contributed by atoms with E-state index in [1.54, 1.807) is 37.4 Å². The number of halogens is 1. The summed E-state index contributed by atoms with van der Waals surface area (Å²) in [6.45, 7) is 0. The smallest absolute Gasteiger partial charge is 0.266 e. The number of rotatable bonds is 4. The summed E-state index contributed by atoms with van der Waals surface area (Å²) in [5, 5.41) is 11.9. The molecule has 0 atom stereocenters. The molecule has 0 aromatic heterocycles. The molecule has 2 aromatic rings. The lowest BCUT2D eigenvalue weighted by molar-refractivity contribution is -0.112. The maximum Gasteiger partial charge on any atom is 0.266 e. The summed E-state index contributed by atoms with van der Waals surface area (Å²) in [5.41, 5.74) is 1.29. The average Bonchev–Trinajstić information content (AvgIpc) is 2.52. The summed E-state index contributed by atoms with van der Waals surface area (Å²) < 4.78 is 6.06. The van der Waals surface area contributed by atoms with Gasteiger partial charge in [0.2, 0.25) is 0 Å². The van der Waals surface area contributed by atoms with Gasteiger partial charge in [0.15, 0.2) is 0 Å². The van der Waals surface area contributed by atoms with E-state index in [-0.39, 0.29) is 5.57 Å². The second-order valence-corrected chi connectivity index (χ2v) is 5.29. The van der Waals surface area contributed by atoms with Gasteiger partial charge in [-0.15, -0.1) is 0 Å². The number of hydrogen-bond donors (Lipinski definition) is 1. The summed E-state index contributed by atoms with van der Waals surface area (Å²) in [6.07, 6.45) is 1.51. The van der Waals surface area contributed by atoms with Gasteiger partial charge in [0.05, 0.1) is 7.11 Å². The van der Waals surface area contributed by atoms with Crippen LogP contribution in [0.4, 0.5) is 5.69 Å². The molecule has 4 nitrogen and oxygen atoms in total. The minimum absolute atomic E-state index is 0.00414. The van der Waals surface area contributed by atoms with Crippen molar-refractivity contribution < 1.29 is 9.53 Å². The van der Waals surface area contributed by atoms with E-state index >= 15 is 0 Å². The van der Waals surface area contributed by atoms with Crippen LogP contribution in [0.15, 0.2) is 58.6 Å². The SMILES string of the molecule is COc1ccccc1/C=C(/C#N)C(=O)Nc1cccc(Br)c1. The number of amides is 1. The van der Waals surface area contributed by atoms with Crippen molar-refractivity contribution >= 4 is 33.6 Å². The van der Waals surface area contributed by atoms with Crippen molar-refractivity contribution in [1.82, 2.24) is 0 Å². The summed E-state index contributed by atoms with van der Waals surface area (Å²) in [6, 6.07) is 16.3. The van der Waals surface area contributed by atoms with Crippen LogP contribution < -0.4 is 10.1 Å². The molecule has 0 heterocycles. The number of benzene rings is 2. The van der Waals surface area contributed by atoms with Crippen molar-refractivity contribution in [2.75, 3.05) is 12.4 Å². The van der Waals surface area contributed by atoms with Gasteiger partial charge in [-0.05, 0) is 30.3 Å². The zero-order valence-corrected chi connectivity index (χ0v) is 13.4. The van der Waals surface area contributed by atoms with Gasteiger partial charge in [-0.25, -0.2) is 0 Å². The first-order valence-electron chi connectivity index (χ1n) is 6.46. The highest BCUT2D eigenvalue weighted by Crippen LogP contribution is 2.21. The standard InChI is InChI=1S/C17H13BrN2O2/c1-22-16-8-3-2-5-12(16)9-13(11-19)17(21)20-15-7-4-6-14(18)10-15/h2-10H,1H3,(H,20,21)/b13-9-. The lowest BCUT2D eigenvalue weighted by Gasteiger charge is -2.06. The normalized spacial score (nSPS) is 10.7. The second-order valence-electron chi connectivity index (χ2n) is 4.38. The van der Waals surface area contributed by atoms with Crippen LogP contribution in [0.2, 0.25) is 0 Å². The third-order valence-electron chi connectivity index (χ3n) is 2.89. The average molecular weight is 357 g/mol. The molecule has 0 saturated heterocycles. The van der Waals surface area contributed by atoms with Crippen LogP contribution in [-0.2, 0) is 4.79 Å². The Morgan fingerprint density at radius 3 is 2.73 bits per heavy atom. The van der Waals surface area contributed by atoms with Crippen LogP contribution in [0.3, 0.4) is 0 Å². The lowest BCUT2D eigenvalue weighted by atomic mass is 10.1. The molecule has 0 aliphatic rings. The van der Waals surface area contributed by atoms with Gasteiger partial charge in [-0.3, -0.25) is 4.79 Å². The van der Waals surface area contributed by atoms with E-state index in [0.29, 0.717) is 17.0 Å². The Balaban J connectivity index is 2.26. The molecule has 22 heavy (non-hydrogen) atoms. The minimum atomic E-state index is -0.466. The molecule has 1 N–H and O–H groups in total. The minimum Gasteiger partial charge on any atom is -0.496 e. The van der Waals surface area contributed by atoms with Crippen LogP contribution in [0.1, 0.15) is 5.56 Å². The Hall–Kier alpha value is -2.58. The number of para-hydroxylation sites is 1. The highest BCUT2D eigenvalue weighted by molar-refractivity contribution is 9.10. The van der Waals surface area contributed by atoms with E-state index in [1.807, 2.05) is 24.3 Å². The summed E-state index contributed by atoms with van der Waals surface area (Å²) in [7, 11) is 1.54. The van der Waals surface area contributed by atoms with Crippen molar-refractivity contribution in [3.05, 3.63) is 64.1 Å². The molecule has 0 aliphatic carbocycles. The van der Waals surface area contributed by atoms with E-state index in [0.717, 1.165) is 4.47 Å². The van der Waals surface area contributed by atoms with Gasteiger partial charge in [-0.1, -0.05) is 40.2 Å².